The zero-order valence-electron chi connectivity index (χ0n) is 10.9. The predicted octanol–water partition coefficient (Wildman–Crippen LogP) is 3.73. The van der Waals surface area contributed by atoms with E-state index >= 15 is 0 Å². The summed E-state index contributed by atoms with van der Waals surface area (Å²) in [5, 5.41) is 2.80. The summed E-state index contributed by atoms with van der Waals surface area (Å²) in [6, 6.07) is 3.99. The summed E-state index contributed by atoms with van der Waals surface area (Å²) in [4.78, 5) is 11.8. The zero-order valence-corrected chi connectivity index (χ0v) is 12.5. The molecular weight excluding hydrogens is 301 g/mol. The minimum absolute atomic E-state index is 0.260. The van der Waals surface area contributed by atoms with E-state index in [9.17, 15) is 9.18 Å². The molecule has 1 atom stereocenters. The van der Waals surface area contributed by atoms with Gasteiger partial charge in [0.1, 0.15) is 17.5 Å². The van der Waals surface area contributed by atoms with Gasteiger partial charge in [0.25, 0.3) is 0 Å². The van der Waals surface area contributed by atoms with E-state index in [0.29, 0.717) is 4.47 Å². The predicted molar refractivity (Wildman–Crippen MR) is 73.0 cm³/mol. The normalized spacial score (nSPS) is 13.0. The highest BCUT2D eigenvalue weighted by Crippen LogP contribution is 2.26. The summed E-state index contributed by atoms with van der Waals surface area (Å²) in [7, 11) is 0. The molecule has 3 nitrogen and oxygen atoms in total. The Balaban J connectivity index is 2.76. The minimum atomic E-state index is -0.627. The first-order chi connectivity index (χ1) is 8.20. The van der Waals surface area contributed by atoms with Crippen molar-refractivity contribution in [3.8, 4) is 0 Å². The fourth-order valence-electron chi connectivity index (χ4n) is 1.30. The maximum absolute atomic E-state index is 13.6. The SMILES string of the molecule is CC(Nc1c(F)cccc1Br)C(=O)OC(C)(C)C. The Morgan fingerprint density at radius 3 is 2.56 bits per heavy atom. The molecule has 1 aromatic carbocycles. The second-order valence-corrected chi connectivity index (χ2v) is 5.85. The lowest BCUT2D eigenvalue weighted by Crippen LogP contribution is -2.34. The van der Waals surface area contributed by atoms with Crippen molar-refractivity contribution >= 4 is 27.6 Å². The van der Waals surface area contributed by atoms with E-state index in [1.807, 2.05) is 0 Å². The molecule has 0 saturated carbocycles. The third-order valence-corrected chi connectivity index (χ3v) is 2.74. The third-order valence-electron chi connectivity index (χ3n) is 2.08. The van der Waals surface area contributed by atoms with Gasteiger partial charge < -0.3 is 10.1 Å². The van der Waals surface area contributed by atoms with Gasteiger partial charge in [-0.25, -0.2) is 9.18 Å². The molecule has 0 aliphatic heterocycles. The summed E-state index contributed by atoms with van der Waals surface area (Å²) in [5.41, 5.74) is -0.296. The largest absolute Gasteiger partial charge is 0.458 e. The van der Waals surface area contributed by atoms with E-state index in [0.717, 1.165) is 0 Å². The number of anilines is 1. The van der Waals surface area contributed by atoms with E-state index < -0.39 is 23.4 Å². The smallest absolute Gasteiger partial charge is 0.328 e. The first kappa shape index (κ1) is 15.0. The molecule has 0 fully saturated rings. The van der Waals surface area contributed by atoms with E-state index in [-0.39, 0.29) is 5.69 Å². The zero-order chi connectivity index (χ0) is 13.9. The van der Waals surface area contributed by atoms with Gasteiger partial charge in [-0.1, -0.05) is 6.07 Å². The van der Waals surface area contributed by atoms with Gasteiger partial charge in [-0.05, 0) is 55.8 Å². The van der Waals surface area contributed by atoms with Gasteiger partial charge >= 0.3 is 5.97 Å². The Labute approximate surface area is 115 Å². The first-order valence-electron chi connectivity index (χ1n) is 5.64. The van der Waals surface area contributed by atoms with Crippen LogP contribution in [0.3, 0.4) is 0 Å². The molecule has 1 N–H and O–H groups in total. The third kappa shape index (κ3) is 4.29. The van der Waals surface area contributed by atoms with Crippen molar-refractivity contribution in [2.24, 2.45) is 0 Å². The summed E-state index contributed by atoms with van der Waals surface area (Å²) >= 11 is 3.23. The average molecular weight is 318 g/mol. The molecular formula is C13H17BrFNO2. The number of para-hydroxylation sites is 1. The van der Waals surface area contributed by atoms with Crippen LogP contribution in [0.4, 0.5) is 10.1 Å². The van der Waals surface area contributed by atoms with E-state index in [2.05, 4.69) is 21.2 Å². The van der Waals surface area contributed by atoms with Crippen LogP contribution in [0.25, 0.3) is 0 Å². The molecule has 0 bridgehead atoms. The van der Waals surface area contributed by atoms with Crippen molar-refractivity contribution in [3.63, 3.8) is 0 Å². The van der Waals surface area contributed by atoms with Gasteiger partial charge in [-0.3, -0.25) is 0 Å². The highest BCUT2D eigenvalue weighted by Gasteiger charge is 2.22. The molecule has 0 heterocycles. The van der Waals surface area contributed by atoms with E-state index in [4.69, 9.17) is 4.74 Å². The number of hydrogen-bond donors (Lipinski definition) is 1. The molecule has 0 aliphatic rings. The number of carbonyl (C=O) groups is 1. The molecule has 0 spiro atoms. The lowest BCUT2D eigenvalue weighted by molar-refractivity contribution is -0.155. The molecule has 0 saturated heterocycles. The average Bonchev–Trinajstić information content (AvgIpc) is 2.21. The van der Waals surface area contributed by atoms with Crippen LogP contribution < -0.4 is 5.32 Å². The van der Waals surface area contributed by atoms with Crippen LogP contribution in [0, 0.1) is 5.82 Å². The first-order valence-corrected chi connectivity index (χ1v) is 6.43. The van der Waals surface area contributed by atoms with Gasteiger partial charge in [0.2, 0.25) is 0 Å². The van der Waals surface area contributed by atoms with Crippen LogP contribution in [0.2, 0.25) is 0 Å². The number of ether oxygens (including phenoxy) is 1. The number of rotatable bonds is 3. The second kappa shape index (κ2) is 5.69. The van der Waals surface area contributed by atoms with E-state index in [1.54, 1.807) is 39.8 Å². The number of esters is 1. The summed E-state index contributed by atoms with van der Waals surface area (Å²) in [6.07, 6.45) is 0. The van der Waals surface area contributed by atoms with E-state index in [1.165, 1.54) is 6.07 Å². The van der Waals surface area contributed by atoms with Gasteiger partial charge in [-0.15, -0.1) is 0 Å². The molecule has 0 radical (unpaired) electrons. The molecule has 18 heavy (non-hydrogen) atoms. The minimum Gasteiger partial charge on any atom is -0.458 e. The molecule has 100 valence electrons. The highest BCUT2D eigenvalue weighted by molar-refractivity contribution is 9.10. The topological polar surface area (TPSA) is 38.3 Å². The van der Waals surface area contributed by atoms with Gasteiger partial charge in [0.15, 0.2) is 0 Å². The van der Waals surface area contributed by atoms with Crippen LogP contribution in [-0.4, -0.2) is 17.6 Å². The second-order valence-electron chi connectivity index (χ2n) is 5.00. The monoisotopic (exact) mass is 317 g/mol. The maximum Gasteiger partial charge on any atom is 0.328 e. The standard InChI is InChI=1S/C13H17BrFNO2/c1-8(12(17)18-13(2,3)4)16-11-9(14)6-5-7-10(11)15/h5-8,16H,1-4H3. The molecule has 5 heteroatoms. The number of benzene rings is 1. The van der Waals surface area contributed by atoms with Crippen molar-refractivity contribution in [2.45, 2.75) is 39.3 Å². The quantitative estimate of drug-likeness (QED) is 0.863. The lowest BCUT2D eigenvalue weighted by atomic mass is 10.2. The fourth-order valence-corrected chi connectivity index (χ4v) is 1.76. The highest BCUT2D eigenvalue weighted by atomic mass is 79.9. The van der Waals surface area contributed by atoms with Crippen LogP contribution in [0.5, 0.6) is 0 Å². The summed E-state index contributed by atoms with van der Waals surface area (Å²) in [5.74, 6) is -0.836. The molecule has 0 aliphatic carbocycles. The summed E-state index contributed by atoms with van der Waals surface area (Å²) < 4.78 is 19.3. The van der Waals surface area contributed by atoms with Crippen LogP contribution in [0.15, 0.2) is 22.7 Å². The van der Waals surface area contributed by atoms with Gasteiger partial charge in [0.05, 0.1) is 5.69 Å². The van der Waals surface area contributed by atoms with Crippen molar-refractivity contribution < 1.29 is 13.9 Å². The molecule has 1 rings (SSSR count). The Kier molecular flexibility index (Phi) is 4.73. The number of halogens is 2. The number of carbonyl (C=O) groups excluding carboxylic acids is 1. The molecule has 1 aromatic rings. The van der Waals surface area contributed by atoms with Crippen LogP contribution in [0.1, 0.15) is 27.7 Å². The fraction of sp³-hybridized carbons (Fsp3) is 0.462. The molecule has 1 unspecified atom stereocenters. The Hall–Kier alpha value is -1.10. The molecule has 0 amide bonds. The number of nitrogens with one attached hydrogen (secondary N) is 1. The van der Waals surface area contributed by atoms with Gasteiger partial charge in [0, 0.05) is 4.47 Å². The lowest BCUT2D eigenvalue weighted by Gasteiger charge is -2.23. The molecule has 0 aromatic heterocycles. The van der Waals surface area contributed by atoms with Crippen molar-refractivity contribution in [1.82, 2.24) is 0 Å². The Bertz CT molecular complexity index is 423. The van der Waals surface area contributed by atoms with Crippen LogP contribution >= 0.6 is 15.9 Å². The van der Waals surface area contributed by atoms with Crippen molar-refractivity contribution in [1.29, 1.82) is 0 Å². The Morgan fingerprint density at radius 2 is 2.06 bits per heavy atom. The number of hydrogen-bond acceptors (Lipinski definition) is 3. The summed E-state index contributed by atoms with van der Waals surface area (Å²) in [6.45, 7) is 7.00. The van der Waals surface area contributed by atoms with Gasteiger partial charge in [-0.2, -0.15) is 0 Å². The van der Waals surface area contributed by atoms with Crippen molar-refractivity contribution in [2.75, 3.05) is 5.32 Å². The van der Waals surface area contributed by atoms with Crippen LogP contribution in [-0.2, 0) is 9.53 Å². The Morgan fingerprint density at radius 1 is 1.44 bits per heavy atom. The van der Waals surface area contributed by atoms with Crippen molar-refractivity contribution in [3.05, 3.63) is 28.5 Å². The maximum atomic E-state index is 13.6.